The van der Waals surface area contributed by atoms with Crippen molar-refractivity contribution in [2.75, 3.05) is 18.4 Å². The Morgan fingerprint density at radius 3 is 2.72 bits per heavy atom. The Morgan fingerprint density at radius 2 is 2.06 bits per heavy atom. The van der Waals surface area contributed by atoms with E-state index in [2.05, 4.69) is 41.8 Å². The van der Waals surface area contributed by atoms with Crippen LogP contribution in [0.5, 0.6) is 0 Å². The van der Waals surface area contributed by atoms with Gasteiger partial charge >= 0.3 is 0 Å². The number of piperidine rings is 1. The number of anilines is 1. The molecule has 2 heteroatoms. The maximum Gasteiger partial charge on any atom is 0.0340 e. The second kappa shape index (κ2) is 7.42. The minimum atomic E-state index is 0.651. The molecule has 0 radical (unpaired) electrons. The van der Waals surface area contributed by atoms with Crippen molar-refractivity contribution in [2.24, 2.45) is 0 Å². The van der Waals surface area contributed by atoms with E-state index in [0.717, 1.165) is 6.54 Å². The molecule has 100 valence electrons. The van der Waals surface area contributed by atoms with Crippen molar-refractivity contribution in [2.45, 2.75) is 51.5 Å². The topological polar surface area (TPSA) is 24.1 Å². The number of benzene rings is 1. The van der Waals surface area contributed by atoms with E-state index >= 15 is 0 Å². The average molecular weight is 246 g/mol. The highest BCUT2D eigenvalue weighted by atomic mass is 15.0. The van der Waals surface area contributed by atoms with Crippen LogP contribution in [0.2, 0.25) is 0 Å². The smallest absolute Gasteiger partial charge is 0.0340 e. The number of unbranched alkanes of at least 4 members (excludes halogenated alkanes) is 1. The minimum absolute atomic E-state index is 0.651. The van der Waals surface area contributed by atoms with Crippen LogP contribution in [0.1, 0.15) is 44.6 Å². The van der Waals surface area contributed by atoms with E-state index < -0.39 is 0 Å². The average Bonchev–Trinajstić information content (AvgIpc) is 2.45. The quantitative estimate of drug-likeness (QED) is 0.801. The summed E-state index contributed by atoms with van der Waals surface area (Å²) in [5, 5.41) is 7.10. The van der Waals surface area contributed by atoms with Gasteiger partial charge in [0.2, 0.25) is 0 Å². The molecule has 1 aromatic carbocycles. The first-order valence-corrected chi connectivity index (χ1v) is 7.44. The molecule has 1 fully saturated rings. The molecule has 0 saturated carbocycles. The van der Waals surface area contributed by atoms with E-state index in [-0.39, 0.29) is 0 Å². The molecular weight excluding hydrogens is 220 g/mol. The van der Waals surface area contributed by atoms with Crippen LogP contribution in [0.4, 0.5) is 5.69 Å². The van der Waals surface area contributed by atoms with E-state index in [9.17, 15) is 0 Å². The summed E-state index contributed by atoms with van der Waals surface area (Å²) < 4.78 is 0. The number of aryl methyl sites for hydroxylation is 1. The molecule has 1 saturated heterocycles. The van der Waals surface area contributed by atoms with Crippen LogP contribution < -0.4 is 10.6 Å². The Labute approximate surface area is 111 Å². The second-order valence-corrected chi connectivity index (χ2v) is 5.33. The van der Waals surface area contributed by atoms with Crippen LogP contribution in [0.3, 0.4) is 0 Å². The zero-order valence-corrected chi connectivity index (χ0v) is 11.5. The van der Waals surface area contributed by atoms with Crippen LogP contribution in [0.25, 0.3) is 0 Å². The van der Waals surface area contributed by atoms with Gasteiger partial charge in [0.25, 0.3) is 0 Å². The van der Waals surface area contributed by atoms with Gasteiger partial charge < -0.3 is 10.6 Å². The molecule has 0 aromatic heterocycles. The zero-order valence-electron chi connectivity index (χ0n) is 11.5. The number of nitrogens with one attached hydrogen (secondary N) is 2. The Balaban J connectivity index is 1.75. The van der Waals surface area contributed by atoms with Gasteiger partial charge in [-0.3, -0.25) is 0 Å². The number of hydrogen-bond donors (Lipinski definition) is 2. The lowest BCUT2D eigenvalue weighted by atomic mass is 10.0. The van der Waals surface area contributed by atoms with Crippen molar-refractivity contribution < 1.29 is 0 Å². The van der Waals surface area contributed by atoms with Crippen LogP contribution in [-0.4, -0.2) is 19.1 Å². The van der Waals surface area contributed by atoms with Crippen molar-refractivity contribution >= 4 is 5.69 Å². The SMILES string of the molecule is CCCCc1ccc(NCC2CCCCN2)cc1. The minimum Gasteiger partial charge on any atom is -0.383 e. The fourth-order valence-electron chi connectivity index (χ4n) is 2.51. The molecule has 1 aliphatic rings. The molecule has 1 unspecified atom stereocenters. The Hall–Kier alpha value is -1.02. The summed E-state index contributed by atoms with van der Waals surface area (Å²) in [7, 11) is 0. The van der Waals surface area contributed by atoms with Crippen molar-refractivity contribution in [1.82, 2.24) is 5.32 Å². The highest BCUT2D eigenvalue weighted by Crippen LogP contribution is 2.13. The molecule has 1 aromatic rings. The van der Waals surface area contributed by atoms with Gasteiger partial charge in [-0.1, -0.05) is 31.9 Å². The fraction of sp³-hybridized carbons (Fsp3) is 0.625. The highest BCUT2D eigenvalue weighted by Gasteiger charge is 2.11. The first-order valence-electron chi connectivity index (χ1n) is 7.44. The van der Waals surface area contributed by atoms with E-state index in [1.165, 1.54) is 56.3 Å². The third kappa shape index (κ3) is 4.34. The van der Waals surface area contributed by atoms with Gasteiger partial charge in [-0.15, -0.1) is 0 Å². The molecule has 18 heavy (non-hydrogen) atoms. The first kappa shape index (κ1) is 13.4. The molecule has 2 nitrogen and oxygen atoms in total. The summed E-state index contributed by atoms with van der Waals surface area (Å²) in [6, 6.07) is 9.60. The Morgan fingerprint density at radius 1 is 1.22 bits per heavy atom. The summed E-state index contributed by atoms with van der Waals surface area (Å²) in [6.45, 7) is 4.48. The molecule has 1 heterocycles. The van der Waals surface area contributed by atoms with E-state index in [1.54, 1.807) is 0 Å². The lowest BCUT2D eigenvalue weighted by Gasteiger charge is -2.24. The third-order valence-corrected chi connectivity index (χ3v) is 3.74. The van der Waals surface area contributed by atoms with Crippen LogP contribution in [-0.2, 0) is 6.42 Å². The molecule has 0 aliphatic carbocycles. The summed E-state index contributed by atoms with van der Waals surface area (Å²) in [4.78, 5) is 0. The van der Waals surface area contributed by atoms with E-state index in [4.69, 9.17) is 0 Å². The molecule has 0 spiro atoms. The Bertz CT molecular complexity index is 325. The number of hydrogen-bond acceptors (Lipinski definition) is 2. The largest absolute Gasteiger partial charge is 0.383 e. The van der Waals surface area contributed by atoms with E-state index in [0.29, 0.717) is 6.04 Å². The molecule has 2 N–H and O–H groups in total. The Kier molecular flexibility index (Phi) is 5.53. The summed E-state index contributed by atoms with van der Waals surface area (Å²) in [5.41, 5.74) is 2.71. The van der Waals surface area contributed by atoms with Gasteiger partial charge in [0, 0.05) is 18.3 Å². The van der Waals surface area contributed by atoms with Gasteiger partial charge in [0.05, 0.1) is 0 Å². The van der Waals surface area contributed by atoms with E-state index in [1.807, 2.05) is 0 Å². The van der Waals surface area contributed by atoms with Crippen molar-refractivity contribution in [1.29, 1.82) is 0 Å². The molecule has 1 aliphatic heterocycles. The molecule has 2 rings (SSSR count). The fourth-order valence-corrected chi connectivity index (χ4v) is 2.51. The molecular formula is C16H26N2. The molecule has 0 bridgehead atoms. The number of rotatable bonds is 6. The van der Waals surface area contributed by atoms with Crippen LogP contribution in [0, 0.1) is 0 Å². The normalized spacial score (nSPS) is 19.7. The predicted octanol–water partition coefficient (Wildman–Crippen LogP) is 3.58. The van der Waals surface area contributed by atoms with Crippen LogP contribution >= 0.6 is 0 Å². The van der Waals surface area contributed by atoms with Gasteiger partial charge in [0.1, 0.15) is 0 Å². The molecule has 1 atom stereocenters. The zero-order chi connectivity index (χ0) is 12.6. The summed E-state index contributed by atoms with van der Waals surface area (Å²) >= 11 is 0. The predicted molar refractivity (Wildman–Crippen MR) is 79.2 cm³/mol. The first-order chi connectivity index (χ1) is 8.88. The monoisotopic (exact) mass is 246 g/mol. The standard InChI is InChI=1S/C16H26N2/c1-2-3-6-14-8-10-15(11-9-14)18-13-16-7-4-5-12-17-16/h8-11,16-18H,2-7,12-13H2,1H3. The van der Waals surface area contributed by atoms with Gasteiger partial charge in [-0.05, 0) is 49.9 Å². The van der Waals surface area contributed by atoms with Gasteiger partial charge in [-0.2, -0.15) is 0 Å². The van der Waals surface area contributed by atoms with Gasteiger partial charge in [-0.25, -0.2) is 0 Å². The second-order valence-electron chi connectivity index (χ2n) is 5.33. The van der Waals surface area contributed by atoms with Crippen LogP contribution in [0.15, 0.2) is 24.3 Å². The summed E-state index contributed by atoms with van der Waals surface area (Å²) in [5.74, 6) is 0. The lowest BCUT2D eigenvalue weighted by molar-refractivity contribution is 0.414. The maximum absolute atomic E-state index is 3.57. The third-order valence-electron chi connectivity index (χ3n) is 3.74. The van der Waals surface area contributed by atoms with Crippen molar-refractivity contribution in [3.8, 4) is 0 Å². The lowest BCUT2D eigenvalue weighted by Crippen LogP contribution is -2.39. The van der Waals surface area contributed by atoms with Gasteiger partial charge in [0.15, 0.2) is 0 Å². The summed E-state index contributed by atoms with van der Waals surface area (Å²) in [6.07, 6.45) is 7.78. The van der Waals surface area contributed by atoms with Crippen molar-refractivity contribution in [3.05, 3.63) is 29.8 Å². The highest BCUT2D eigenvalue weighted by molar-refractivity contribution is 5.44. The molecule has 0 amide bonds. The maximum atomic E-state index is 3.57. The van der Waals surface area contributed by atoms with Crippen molar-refractivity contribution in [3.63, 3.8) is 0 Å².